The zero-order valence-corrected chi connectivity index (χ0v) is 35.4. The molecule has 8 atom stereocenters. The largest absolute Gasteiger partial charge is 0.471 e. The lowest BCUT2D eigenvalue weighted by Crippen LogP contribution is -2.61. The van der Waals surface area contributed by atoms with Crippen LogP contribution >= 0.6 is 0 Å². The van der Waals surface area contributed by atoms with Crippen LogP contribution in [0.15, 0.2) is 18.2 Å². The van der Waals surface area contributed by atoms with Gasteiger partial charge in [0.2, 0.25) is 34.1 Å². The summed E-state index contributed by atoms with van der Waals surface area (Å²) in [7, 11) is -4.33. The van der Waals surface area contributed by atoms with Gasteiger partial charge in [-0.15, -0.1) is 0 Å². The van der Waals surface area contributed by atoms with Gasteiger partial charge in [0.15, 0.2) is 5.69 Å². The summed E-state index contributed by atoms with van der Waals surface area (Å²) < 4.78 is 100. The number of fused-ring (bicyclic) bond motifs is 5. The maximum absolute atomic E-state index is 16.3. The molecule has 5 aliphatic rings. The maximum atomic E-state index is 16.3. The Kier molecular flexibility index (Phi) is 11.5. The van der Waals surface area contributed by atoms with Crippen molar-refractivity contribution in [2.45, 2.75) is 146 Å². The number of rotatable bonds is 7. The number of nitriles is 1. The van der Waals surface area contributed by atoms with Crippen molar-refractivity contribution < 1.29 is 54.6 Å². The first-order chi connectivity index (χ1) is 28.5. The molecule has 3 N–H and O–H groups in total. The first-order valence-corrected chi connectivity index (χ1v) is 22.2. The zero-order valence-electron chi connectivity index (χ0n) is 34.6. The van der Waals surface area contributed by atoms with E-state index in [1.165, 1.54) is 25.1 Å². The van der Waals surface area contributed by atoms with Gasteiger partial charge in [0.25, 0.3) is 11.8 Å². The highest BCUT2D eigenvalue weighted by Crippen LogP contribution is 2.50. The van der Waals surface area contributed by atoms with E-state index in [0.29, 0.717) is 25.7 Å². The molecular weight excluding hydrogens is 827 g/mol. The van der Waals surface area contributed by atoms with Gasteiger partial charge in [-0.1, -0.05) is 40.5 Å². The second-order valence-corrected chi connectivity index (χ2v) is 20.7. The zero-order chi connectivity index (χ0) is 44.4. The van der Waals surface area contributed by atoms with E-state index in [1.807, 2.05) is 10.8 Å². The van der Waals surface area contributed by atoms with E-state index in [9.17, 15) is 41.6 Å². The number of nitrogens with zero attached hydrogens (tertiary/aromatic N) is 4. The number of alkyl carbamates (subject to hydrolysis) is 1. The van der Waals surface area contributed by atoms with E-state index in [2.05, 4.69) is 20.6 Å². The number of aromatic nitrogens is 2. The Balaban J connectivity index is 1.30. The van der Waals surface area contributed by atoms with Crippen molar-refractivity contribution in [2.75, 3.05) is 6.54 Å². The third-order valence-corrected chi connectivity index (χ3v) is 15.1. The van der Waals surface area contributed by atoms with Crippen molar-refractivity contribution in [3.05, 3.63) is 29.5 Å². The van der Waals surface area contributed by atoms with Gasteiger partial charge in [-0.25, -0.2) is 32.0 Å². The summed E-state index contributed by atoms with van der Waals surface area (Å²) in [6.07, 6.45) is -4.17. The molecule has 1 aromatic heterocycles. The molecular formula is C41H51F4N7O8S. The van der Waals surface area contributed by atoms with Crippen molar-refractivity contribution in [3.63, 3.8) is 0 Å². The first-order valence-electron chi connectivity index (χ1n) is 20.8. The molecule has 2 aliphatic heterocycles. The molecule has 0 radical (unpaired) electrons. The molecule has 0 spiro atoms. The quantitative estimate of drug-likeness (QED) is 0.308. The Morgan fingerprint density at radius 2 is 1.79 bits per heavy atom. The Morgan fingerprint density at radius 3 is 2.41 bits per heavy atom. The lowest BCUT2D eigenvalue weighted by molar-refractivity contribution is -0.144. The van der Waals surface area contributed by atoms with Gasteiger partial charge < -0.3 is 25.0 Å². The third kappa shape index (κ3) is 8.67. The fourth-order valence-electron chi connectivity index (χ4n) is 8.57. The minimum Gasteiger partial charge on any atom is -0.471 e. The highest BCUT2D eigenvalue weighted by atomic mass is 32.2. The number of halogens is 4. The third-order valence-electron chi connectivity index (χ3n) is 12.9. The summed E-state index contributed by atoms with van der Waals surface area (Å²) >= 11 is 0. The molecule has 15 nitrogen and oxygen atoms in total. The van der Waals surface area contributed by atoms with E-state index >= 15 is 8.78 Å². The number of alkyl halides is 4. The lowest BCUT2D eigenvalue weighted by atomic mass is 9.85. The Bertz CT molecular complexity index is 2270. The maximum Gasteiger partial charge on any atom is 0.408 e. The minimum absolute atomic E-state index is 0.00523. The molecule has 3 saturated carbocycles. The van der Waals surface area contributed by atoms with E-state index in [4.69, 9.17) is 9.47 Å². The Morgan fingerprint density at radius 1 is 1.07 bits per heavy atom. The molecule has 2 bridgehead atoms. The molecule has 2 aromatic rings. The topological polar surface area (TPSA) is 210 Å². The highest BCUT2D eigenvalue weighted by Gasteiger charge is 2.68. The number of carbonyl (C=O) groups excluding carboxylic acids is 4. The van der Waals surface area contributed by atoms with Crippen LogP contribution in [0.5, 0.6) is 5.88 Å². The van der Waals surface area contributed by atoms with Crippen LogP contribution in [0, 0.1) is 34.5 Å². The second-order valence-electron chi connectivity index (χ2n) is 18.5. The predicted molar refractivity (Wildman–Crippen MR) is 209 cm³/mol. The smallest absolute Gasteiger partial charge is 0.408 e. The average Bonchev–Trinajstić information content (AvgIpc) is 4.14. The van der Waals surface area contributed by atoms with Gasteiger partial charge in [-0.05, 0) is 81.4 Å². The van der Waals surface area contributed by atoms with E-state index < -0.39 is 129 Å². The second kappa shape index (κ2) is 15.8. The predicted octanol–water partition coefficient (Wildman–Crippen LogP) is 5.21. The van der Waals surface area contributed by atoms with Gasteiger partial charge >= 0.3 is 6.09 Å². The normalized spacial score (nSPS) is 31.1. The molecule has 20 heteroatoms. The van der Waals surface area contributed by atoms with E-state index in [1.54, 1.807) is 27.7 Å². The number of nitrogens with one attached hydrogen (secondary N) is 3. The highest BCUT2D eigenvalue weighted by molar-refractivity contribution is 7.91. The van der Waals surface area contributed by atoms with Crippen molar-refractivity contribution in [2.24, 2.45) is 23.2 Å². The minimum atomic E-state index is -4.33. The van der Waals surface area contributed by atoms with Gasteiger partial charge in [0.05, 0.1) is 39.9 Å². The molecule has 1 saturated heterocycles. The standard InChI is InChI=1S/C41H51F4N7O8S/c1-6-23-28-20-52(29(23)33(53)50-40(18-24(40)32(42)43)36(55)51-61(57,58)39(5)14-15-39)35(54)31(38(2,3)4)49-37(56)60-27-17-22(27)10-8-7-9-13-41(44,45)30-34(59-28)48-26-16-21(19-46)11-12-25(26)47-30/h11-12,16,22-24,27-29,31-32H,6-10,13-15,17-18,20H2,1-5H3,(H,49,56)(H,50,53)(H,51,55)/t22-,23-,24+,27-,28+,29+,31-,40-/m1/s1. The molecule has 4 fully saturated rings. The molecule has 3 heterocycles. The lowest BCUT2D eigenvalue weighted by Gasteiger charge is -2.36. The van der Waals surface area contributed by atoms with Crippen LogP contribution < -0.4 is 20.1 Å². The van der Waals surface area contributed by atoms with Crippen molar-refractivity contribution >= 4 is 44.9 Å². The van der Waals surface area contributed by atoms with Crippen LogP contribution in [0.2, 0.25) is 0 Å². The fraction of sp³-hybridized carbons (Fsp3) is 0.683. The van der Waals surface area contributed by atoms with Crippen molar-refractivity contribution in [1.29, 1.82) is 5.26 Å². The number of sulfonamides is 1. The van der Waals surface area contributed by atoms with Crippen molar-refractivity contribution in [3.8, 4) is 11.9 Å². The van der Waals surface area contributed by atoms with E-state index in [0.717, 1.165) is 4.90 Å². The number of hydrogen-bond acceptors (Lipinski definition) is 11. The molecule has 3 aliphatic carbocycles. The summed E-state index contributed by atoms with van der Waals surface area (Å²) in [6.45, 7) is 7.55. The molecule has 7 rings (SSSR count). The van der Waals surface area contributed by atoms with Crippen LogP contribution in [-0.4, -0.2) is 94.6 Å². The van der Waals surface area contributed by atoms with Gasteiger partial charge in [-0.3, -0.25) is 19.1 Å². The van der Waals surface area contributed by atoms with Crippen LogP contribution in [0.4, 0.5) is 22.4 Å². The summed E-state index contributed by atoms with van der Waals surface area (Å²) in [4.78, 5) is 66.3. The molecule has 1 aromatic carbocycles. The number of amides is 4. The number of benzene rings is 1. The van der Waals surface area contributed by atoms with Gasteiger partial charge in [0, 0.05) is 12.3 Å². The SMILES string of the molecule is CC[C@@H]1[C@@H]2CN(C(=O)[C@H](C(C)(C)C)NC(=O)O[C@@H]3C[C@H]3CCCCCC(F)(F)c3nc4ccc(C#N)cc4nc3O2)[C@@H]1C(=O)N[C@]1(C(=O)NS(=O)(=O)C2(C)CC2)C[C@H]1C(F)F. The number of carbonyl (C=O) groups is 4. The summed E-state index contributed by atoms with van der Waals surface area (Å²) in [5.41, 5.74) is -3.90. The van der Waals surface area contributed by atoms with Crippen LogP contribution in [-0.2, 0) is 35.1 Å². The van der Waals surface area contributed by atoms with E-state index in [-0.39, 0.29) is 48.2 Å². The Hall–Kier alpha value is -4.80. The first kappa shape index (κ1) is 44.3. The van der Waals surface area contributed by atoms with Gasteiger partial charge in [0.1, 0.15) is 29.8 Å². The van der Waals surface area contributed by atoms with Gasteiger partial charge in [-0.2, -0.15) is 14.0 Å². The fourth-order valence-corrected chi connectivity index (χ4v) is 9.88. The molecule has 4 amide bonds. The summed E-state index contributed by atoms with van der Waals surface area (Å²) in [5, 5.41) is 14.6. The number of hydrogen-bond donors (Lipinski definition) is 3. The van der Waals surface area contributed by atoms with Crippen LogP contribution in [0.25, 0.3) is 11.0 Å². The summed E-state index contributed by atoms with van der Waals surface area (Å²) in [6, 6.07) is 3.15. The molecule has 332 valence electrons. The molecule has 0 unspecified atom stereocenters. The molecule has 61 heavy (non-hydrogen) atoms. The van der Waals surface area contributed by atoms with Crippen LogP contribution in [0.1, 0.15) is 110 Å². The summed E-state index contributed by atoms with van der Waals surface area (Å²) in [5.74, 6) is -10.3. The number of ether oxygens (including phenoxy) is 2. The Labute approximate surface area is 351 Å². The van der Waals surface area contributed by atoms with Crippen molar-refractivity contribution in [1.82, 2.24) is 30.2 Å². The van der Waals surface area contributed by atoms with Crippen LogP contribution in [0.3, 0.4) is 0 Å². The average molecular weight is 878 g/mol. The monoisotopic (exact) mass is 877 g/mol.